The Labute approximate surface area is 95.4 Å². The number of hydrogen-bond acceptors (Lipinski definition) is 5. The van der Waals surface area contributed by atoms with Crippen LogP contribution in [0.1, 0.15) is 26.2 Å². The fraction of sp³-hybridized carbons (Fsp3) is 0.636. The van der Waals surface area contributed by atoms with Gasteiger partial charge in [-0.25, -0.2) is 9.97 Å². The van der Waals surface area contributed by atoms with Crippen LogP contribution < -0.4 is 15.8 Å². The zero-order valence-electron chi connectivity index (χ0n) is 9.57. The molecule has 1 aliphatic carbocycles. The van der Waals surface area contributed by atoms with Gasteiger partial charge in [0.1, 0.15) is 12.1 Å². The van der Waals surface area contributed by atoms with Crippen molar-refractivity contribution < 1.29 is 4.74 Å². The number of nitrogens with two attached hydrogens (primary N) is 1. The maximum absolute atomic E-state index is 5.70. The third-order valence-electron chi connectivity index (χ3n) is 2.73. The van der Waals surface area contributed by atoms with Gasteiger partial charge in [-0.3, -0.25) is 0 Å². The van der Waals surface area contributed by atoms with Gasteiger partial charge in [0.15, 0.2) is 0 Å². The molecule has 0 spiro atoms. The third kappa shape index (κ3) is 2.61. The molecular formula is C11H18N4O. The predicted octanol–water partition coefficient (Wildman–Crippen LogP) is 1.17. The first-order valence-electron chi connectivity index (χ1n) is 5.71. The van der Waals surface area contributed by atoms with E-state index in [1.54, 1.807) is 0 Å². The smallest absolute Gasteiger partial charge is 0.218 e. The minimum absolute atomic E-state index is 0.0659. The Balaban J connectivity index is 1.99. The van der Waals surface area contributed by atoms with Crippen molar-refractivity contribution in [3.63, 3.8) is 0 Å². The highest BCUT2D eigenvalue weighted by Crippen LogP contribution is 2.37. The van der Waals surface area contributed by atoms with Gasteiger partial charge in [0, 0.05) is 12.6 Å². The van der Waals surface area contributed by atoms with Crippen molar-refractivity contribution in [3.8, 4) is 5.88 Å². The Hall–Kier alpha value is -1.36. The van der Waals surface area contributed by atoms with E-state index < -0.39 is 0 Å². The molecule has 5 heteroatoms. The average Bonchev–Trinajstić information content (AvgIpc) is 3.07. The van der Waals surface area contributed by atoms with Crippen LogP contribution in [0.5, 0.6) is 5.88 Å². The van der Waals surface area contributed by atoms with Crippen molar-refractivity contribution in [2.24, 2.45) is 5.73 Å². The first-order valence-corrected chi connectivity index (χ1v) is 5.71. The normalized spacial score (nSPS) is 16.9. The summed E-state index contributed by atoms with van der Waals surface area (Å²) in [7, 11) is 0. The Kier molecular flexibility index (Phi) is 3.24. The predicted molar refractivity (Wildman–Crippen MR) is 62.5 cm³/mol. The van der Waals surface area contributed by atoms with E-state index in [4.69, 9.17) is 10.5 Å². The number of ether oxygens (including phenoxy) is 1. The molecule has 3 N–H and O–H groups in total. The van der Waals surface area contributed by atoms with Crippen LogP contribution in [0.4, 0.5) is 5.82 Å². The summed E-state index contributed by atoms with van der Waals surface area (Å²) in [6.45, 7) is 3.38. The fourth-order valence-electron chi connectivity index (χ4n) is 1.50. The molecule has 1 saturated carbocycles. The summed E-state index contributed by atoms with van der Waals surface area (Å²) >= 11 is 0. The standard InChI is InChI=1S/C11H18N4O/c1-2-5-16-10-6-9(13-8-14-10)15-11(7-12)3-4-11/h6,8H,2-5,7,12H2,1H3,(H,13,14,15). The second-order valence-electron chi connectivity index (χ2n) is 4.20. The van der Waals surface area contributed by atoms with Crippen LogP contribution in [0.15, 0.2) is 12.4 Å². The summed E-state index contributed by atoms with van der Waals surface area (Å²) in [6.07, 6.45) is 4.71. The van der Waals surface area contributed by atoms with E-state index >= 15 is 0 Å². The molecule has 1 aromatic heterocycles. The molecule has 1 fully saturated rings. The Morgan fingerprint density at radius 3 is 2.94 bits per heavy atom. The van der Waals surface area contributed by atoms with E-state index in [1.807, 2.05) is 6.07 Å². The number of rotatable bonds is 6. The first-order chi connectivity index (χ1) is 7.78. The van der Waals surface area contributed by atoms with Crippen molar-refractivity contribution in [3.05, 3.63) is 12.4 Å². The number of aromatic nitrogens is 2. The molecule has 1 heterocycles. The van der Waals surface area contributed by atoms with Gasteiger partial charge in [0.25, 0.3) is 0 Å². The number of nitrogens with one attached hydrogen (secondary N) is 1. The van der Waals surface area contributed by atoms with Gasteiger partial charge in [-0.1, -0.05) is 6.92 Å². The lowest BCUT2D eigenvalue weighted by atomic mass is 10.3. The van der Waals surface area contributed by atoms with Crippen LogP contribution in [0.2, 0.25) is 0 Å². The van der Waals surface area contributed by atoms with Crippen LogP contribution in [0.3, 0.4) is 0 Å². The average molecular weight is 222 g/mol. The summed E-state index contributed by atoms with van der Waals surface area (Å²) in [4.78, 5) is 8.21. The molecule has 0 bridgehead atoms. The van der Waals surface area contributed by atoms with Gasteiger partial charge in [0.05, 0.1) is 12.1 Å². The maximum atomic E-state index is 5.70. The molecule has 0 aliphatic heterocycles. The van der Waals surface area contributed by atoms with Gasteiger partial charge in [-0.2, -0.15) is 0 Å². The van der Waals surface area contributed by atoms with Crippen molar-refractivity contribution in [1.29, 1.82) is 0 Å². The minimum Gasteiger partial charge on any atom is -0.478 e. The molecule has 0 saturated heterocycles. The lowest BCUT2D eigenvalue weighted by Gasteiger charge is -2.15. The summed E-state index contributed by atoms with van der Waals surface area (Å²) < 4.78 is 5.44. The number of anilines is 1. The molecule has 1 aromatic rings. The fourth-order valence-corrected chi connectivity index (χ4v) is 1.50. The third-order valence-corrected chi connectivity index (χ3v) is 2.73. The molecule has 0 aromatic carbocycles. The highest BCUT2D eigenvalue weighted by Gasteiger charge is 2.41. The topological polar surface area (TPSA) is 73.1 Å². The van der Waals surface area contributed by atoms with Crippen molar-refractivity contribution >= 4 is 5.82 Å². The van der Waals surface area contributed by atoms with Crippen LogP contribution in [-0.4, -0.2) is 28.7 Å². The summed E-state index contributed by atoms with van der Waals surface area (Å²) in [6, 6.07) is 1.82. The maximum Gasteiger partial charge on any atom is 0.218 e. The highest BCUT2D eigenvalue weighted by molar-refractivity contribution is 5.42. The quantitative estimate of drug-likeness (QED) is 0.755. The molecule has 0 amide bonds. The van der Waals surface area contributed by atoms with E-state index in [2.05, 4.69) is 22.2 Å². The molecule has 0 atom stereocenters. The Morgan fingerprint density at radius 2 is 2.31 bits per heavy atom. The van der Waals surface area contributed by atoms with Gasteiger partial charge in [-0.15, -0.1) is 0 Å². The zero-order chi connectivity index (χ0) is 11.4. The van der Waals surface area contributed by atoms with Crippen LogP contribution >= 0.6 is 0 Å². The Morgan fingerprint density at radius 1 is 1.50 bits per heavy atom. The highest BCUT2D eigenvalue weighted by atomic mass is 16.5. The lowest BCUT2D eigenvalue weighted by molar-refractivity contribution is 0.305. The van der Waals surface area contributed by atoms with Crippen molar-refractivity contribution in [2.75, 3.05) is 18.5 Å². The Bertz CT molecular complexity index is 352. The van der Waals surface area contributed by atoms with Crippen molar-refractivity contribution in [1.82, 2.24) is 9.97 Å². The van der Waals surface area contributed by atoms with E-state index in [-0.39, 0.29) is 5.54 Å². The van der Waals surface area contributed by atoms with Crippen molar-refractivity contribution in [2.45, 2.75) is 31.7 Å². The van der Waals surface area contributed by atoms with E-state index in [0.717, 1.165) is 25.1 Å². The number of nitrogens with zero attached hydrogens (tertiary/aromatic N) is 2. The van der Waals surface area contributed by atoms with Crippen LogP contribution in [0, 0.1) is 0 Å². The molecule has 2 rings (SSSR count). The summed E-state index contributed by atoms with van der Waals surface area (Å²) in [5.41, 5.74) is 5.76. The SMILES string of the molecule is CCCOc1cc(NC2(CN)CC2)ncn1. The molecular weight excluding hydrogens is 204 g/mol. The summed E-state index contributed by atoms with van der Waals surface area (Å²) in [5, 5.41) is 3.34. The molecule has 0 unspecified atom stereocenters. The molecule has 16 heavy (non-hydrogen) atoms. The number of hydrogen-bond donors (Lipinski definition) is 2. The molecule has 5 nitrogen and oxygen atoms in total. The van der Waals surface area contributed by atoms with Gasteiger partial charge in [-0.05, 0) is 19.3 Å². The van der Waals surface area contributed by atoms with E-state index in [9.17, 15) is 0 Å². The largest absolute Gasteiger partial charge is 0.478 e. The van der Waals surface area contributed by atoms with Crippen LogP contribution in [0.25, 0.3) is 0 Å². The second kappa shape index (κ2) is 4.65. The second-order valence-corrected chi connectivity index (χ2v) is 4.20. The van der Waals surface area contributed by atoms with Gasteiger partial charge >= 0.3 is 0 Å². The summed E-state index contributed by atoms with van der Waals surface area (Å²) in [5.74, 6) is 1.41. The molecule has 0 radical (unpaired) electrons. The van der Waals surface area contributed by atoms with Gasteiger partial charge < -0.3 is 15.8 Å². The zero-order valence-corrected chi connectivity index (χ0v) is 9.57. The molecule has 88 valence electrons. The lowest BCUT2D eigenvalue weighted by Crippen LogP contribution is -2.31. The van der Waals surface area contributed by atoms with E-state index in [1.165, 1.54) is 6.33 Å². The first kappa shape index (κ1) is 11.1. The minimum atomic E-state index is 0.0659. The van der Waals surface area contributed by atoms with Gasteiger partial charge in [0.2, 0.25) is 5.88 Å². The van der Waals surface area contributed by atoms with E-state index in [0.29, 0.717) is 19.0 Å². The van der Waals surface area contributed by atoms with Crippen LogP contribution in [-0.2, 0) is 0 Å². The molecule has 1 aliphatic rings. The monoisotopic (exact) mass is 222 g/mol.